The zero-order chi connectivity index (χ0) is 23.0. The number of carbonyl (C=O) groups is 1. The number of H-pyrrole nitrogens is 1. The fourth-order valence-electron chi connectivity index (χ4n) is 3.48. The highest BCUT2D eigenvalue weighted by Crippen LogP contribution is 2.23. The highest BCUT2D eigenvalue weighted by molar-refractivity contribution is 7.71. The van der Waals surface area contributed by atoms with E-state index in [1.165, 1.54) is 10.1 Å². The van der Waals surface area contributed by atoms with Gasteiger partial charge in [0.2, 0.25) is 0 Å². The van der Waals surface area contributed by atoms with Crippen LogP contribution >= 0.6 is 12.2 Å². The van der Waals surface area contributed by atoms with Gasteiger partial charge in [0.15, 0.2) is 4.77 Å². The molecule has 0 spiro atoms. The molecule has 0 fully saturated rings. The monoisotopic (exact) mass is 447 g/mol. The minimum Gasteiger partial charge on any atom is -0.332 e. The number of hydrogen-bond donors (Lipinski definition) is 2. The number of anilines is 1. The average Bonchev–Trinajstić information content (AvgIpc) is 3.18. The van der Waals surface area contributed by atoms with Gasteiger partial charge in [-0.2, -0.15) is 5.10 Å². The molecule has 0 aliphatic carbocycles. The predicted octanol–water partition coefficient (Wildman–Crippen LogP) is 4.39. The SMILES string of the molecule is Cn1c(=S)[nH]c2cc(C(=O)Nc3ccnn3Cc3ccc(C(C)(C)C)cc3)ccc2c1=O. The van der Waals surface area contributed by atoms with Crippen LogP contribution in [0.5, 0.6) is 0 Å². The molecule has 0 unspecified atom stereocenters. The van der Waals surface area contributed by atoms with Gasteiger partial charge >= 0.3 is 0 Å². The number of aromatic amines is 1. The molecule has 0 aliphatic heterocycles. The Labute approximate surface area is 190 Å². The van der Waals surface area contributed by atoms with E-state index in [2.05, 4.69) is 60.4 Å². The van der Waals surface area contributed by atoms with Crippen LogP contribution in [0.1, 0.15) is 42.3 Å². The molecule has 4 rings (SSSR count). The highest BCUT2D eigenvalue weighted by atomic mass is 32.1. The van der Waals surface area contributed by atoms with Gasteiger partial charge in [-0.05, 0) is 47.0 Å². The molecule has 7 nitrogen and oxygen atoms in total. The third-order valence-corrected chi connectivity index (χ3v) is 5.85. The molecule has 0 aliphatic rings. The Bertz CT molecular complexity index is 1420. The molecule has 164 valence electrons. The third kappa shape index (κ3) is 4.27. The number of hydrogen-bond acceptors (Lipinski definition) is 4. The van der Waals surface area contributed by atoms with Crippen LogP contribution in [0.2, 0.25) is 0 Å². The van der Waals surface area contributed by atoms with Crippen LogP contribution in [0.3, 0.4) is 0 Å². The maximum atomic E-state index is 12.9. The molecule has 0 saturated heterocycles. The average molecular weight is 448 g/mol. The van der Waals surface area contributed by atoms with Gasteiger partial charge in [-0.15, -0.1) is 0 Å². The first-order chi connectivity index (χ1) is 15.1. The minimum absolute atomic E-state index is 0.0941. The molecule has 2 N–H and O–H groups in total. The maximum Gasteiger partial charge on any atom is 0.261 e. The second-order valence-corrected chi connectivity index (χ2v) is 9.22. The molecule has 1 amide bonds. The summed E-state index contributed by atoms with van der Waals surface area (Å²) in [7, 11) is 1.61. The quantitative estimate of drug-likeness (QED) is 0.455. The summed E-state index contributed by atoms with van der Waals surface area (Å²) in [4.78, 5) is 28.2. The fourth-order valence-corrected chi connectivity index (χ4v) is 3.68. The van der Waals surface area contributed by atoms with Crippen molar-refractivity contribution in [2.75, 3.05) is 5.32 Å². The molecular weight excluding hydrogens is 422 g/mol. The standard InChI is InChI=1S/C24H25N5O2S/c1-24(2,3)17-8-5-15(6-9-17)14-29-20(11-12-25-29)27-21(30)16-7-10-18-19(13-16)26-23(32)28(4)22(18)31/h5-13H,14H2,1-4H3,(H,26,32)(H,27,30). The summed E-state index contributed by atoms with van der Waals surface area (Å²) >= 11 is 5.17. The summed E-state index contributed by atoms with van der Waals surface area (Å²) in [5.41, 5.74) is 3.19. The minimum atomic E-state index is -0.295. The highest BCUT2D eigenvalue weighted by Gasteiger charge is 2.14. The molecule has 0 bridgehead atoms. The second kappa shape index (κ2) is 8.20. The first-order valence-corrected chi connectivity index (χ1v) is 10.7. The van der Waals surface area contributed by atoms with E-state index in [9.17, 15) is 9.59 Å². The molecule has 0 saturated carbocycles. The lowest BCUT2D eigenvalue weighted by atomic mass is 9.87. The number of nitrogens with zero attached hydrogens (tertiary/aromatic N) is 3. The van der Waals surface area contributed by atoms with Crippen molar-refractivity contribution in [1.29, 1.82) is 0 Å². The number of aromatic nitrogens is 4. The van der Waals surface area contributed by atoms with Gasteiger partial charge in [0.25, 0.3) is 11.5 Å². The molecule has 8 heteroatoms. The van der Waals surface area contributed by atoms with Crippen molar-refractivity contribution in [3.8, 4) is 0 Å². The Morgan fingerprint density at radius 3 is 2.53 bits per heavy atom. The number of rotatable bonds is 4. The van der Waals surface area contributed by atoms with Crippen LogP contribution in [-0.2, 0) is 19.0 Å². The number of nitrogens with one attached hydrogen (secondary N) is 2. The van der Waals surface area contributed by atoms with Gasteiger partial charge in [0, 0.05) is 18.7 Å². The number of benzene rings is 2. The predicted molar refractivity (Wildman–Crippen MR) is 129 cm³/mol. The van der Waals surface area contributed by atoms with Crippen LogP contribution in [0.25, 0.3) is 10.9 Å². The van der Waals surface area contributed by atoms with E-state index in [1.807, 2.05) is 0 Å². The molecule has 0 atom stereocenters. The lowest BCUT2D eigenvalue weighted by Gasteiger charge is -2.19. The summed E-state index contributed by atoms with van der Waals surface area (Å²) in [5.74, 6) is 0.295. The second-order valence-electron chi connectivity index (χ2n) is 8.83. The largest absolute Gasteiger partial charge is 0.332 e. The van der Waals surface area contributed by atoms with E-state index in [4.69, 9.17) is 12.2 Å². The molecular formula is C24H25N5O2S. The van der Waals surface area contributed by atoms with Gasteiger partial charge in [-0.3, -0.25) is 14.2 Å². The van der Waals surface area contributed by atoms with Crippen LogP contribution in [0.4, 0.5) is 5.82 Å². The van der Waals surface area contributed by atoms with Crippen molar-refractivity contribution in [3.63, 3.8) is 0 Å². The molecule has 2 aromatic heterocycles. The van der Waals surface area contributed by atoms with E-state index in [1.54, 1.807) is 42.2 Å². The first-order valence-electron chi connectivity index (χ1n) is 10.3. The van der Waals surface area contributed by atoms with Crippen LogP contribution in [-0.4, -0.2) is 25.2 Å². The lowest BCUT2D eigenvalue weighted by Crippen LogP contribution is -2.20. The Kier molecular flexibility index (Phi) is 5.56. The van der Waals surface area contributed by atoms with Crippen molar-refractivity contribution in [1.82, 2.24) is 19.3 Å². The maximum absolute atomic E-state index is 12.9. The number of carbonyl (C=O) groups excluding carboxylic acids is 1. The third-order valence-electron chi connectivity index (χ3n) is 5.47. The van der Waals surface area contributed by atoms with E-state index in [-0.39, 0.29) is 16.9 Å². The normalized spacial score (nSPS) is 11.6. The Balaban J connectivity index is 1.55. The van der Waals surface area contributed by atoms with Crippen LogP contribution in [0, 0.1) is 4.77 Å². The van der Waals surface area contributed by atoms with Crippen LogP contribution in [0.15, 0.2) is 59.5 Å². The zero-order valence-electron chi connectivity index (χ0n) is 18.5. The van der Waals surface area contributed by atoms with E-state index in [0.717, 1.165) is 5.56 Å². The van der Waals surface area contributed by atoms with E-state index in [0.29, 0.717) is 33.6 Å². The molecule has 4 aromatic rings. The van der Waals surface area contributed by atoms with Crippen molar-refractivity contribution < 1.29 is 4.79 Å². The summed E-state index contributed by atoms with van der Waals surface area (Å²) in [6.45, 7) is 7.08. The first kappa shape index (κ1) is 21.7. The number of amides is 1. The van der Waals surface area contributed by atoms with Gasteiger partial charge < -0.3 is 10.3 Å². The molecule has 0 radical (unpaired) electrons. The Morgan fingerprint density at radius 1 is 1.12 bits per heavy atom. The van der Waals surface area contributed by atoms with Crippen molar-refractivity contribution in [3.05, 3.63) is 86.5 Å². The van der Waals surface area contributed by atoms with E-state index >= 15 is 0 Å². The van der Waals surface area contributed by atoms with Crippen molar-refractivity contribution >= 4 is 34.8 Å². The molecule has 2 heterocycles. The molecule has 32 heavy (non-hydrogen) atoms. The summed E-state index contributed by atoms with van der Waals surface area (Å²) < 4.78 is 3.41. The number of fused-ring (bicyclic) bond motifs is 1. The topological polar surface area (TPSA) is 84.7 Å². The van der Waals surface area contributed by atoms with Crippen molar-refractivity contribution in [2.24, 2.45) is 7.05 Å². The summed E-state index contributed by atoms with van der Waals surface area (Å²) in [6.07, 6.45) is 1.65. The summed E-state index contributed by atoms with van der Waals surface area (Å²) in [5, 5.41) is 7.73. The van der Waals surface area contributed by atoms with Gasteiger partial charge in [-0.1, -0.05) is 45.0 Å². The van der Waals surface area contributed by atoms with E-state index < -0.39 is 0 Å². The van der Waals surface area contributed by atoms with Crippen LogP contribution < -0.4 is 10.9 Å². The summed E-state index contributed by atoms with van der Waals surface area (Å²) in [6, 6.07) is 15.1. The van der Waals surface area contributed by atoms with Gasteiger partial charge in [0.05, 0.1) is 23.6 Å². The zero-order valence-corrected chi connectivity index (χ0v) is 19.3. The van der Waals surface area contributed by atoms with Crippen molar-refractivity contribution in [2.45, 2.75) is 32.7 Å². The lowest BCUT2D eigenvalue weighted by molar-refractivity contribution is 0.102. The molecule has 2 aromatic carbocycles. The Morgan fingerprint density at radius 2 is 1.84 bits per heavy atom. The van der Waals surface area contributed by atoms with Gasteiger partial charge in [-0.25, -0.2) is 4.68 Å². The Hall–Kier alpha value is -3.52. The fraction of sp³-hybridized carbons (Fsp3) is 0.250. The van der Waals surface area contributed by atoms with Gasteiger partial charge in [0.1, 0.15) is 5.82 Å². The smallest absolute Gasteiger partial charge is 0.261 e.